The Morgan fingerprint density at radius 3 is 2.94 bits per heavy atom. The van der Waals surface area contributed by atoms with Crippen LogP contribution in [0.2, 0.25) is 0 Å². The van der Waals surface area contributed by atoms with Crippen LogP contribution in [-0.2, 0) is 6.42 Å². The fourth-order valence-corrected chi connectivity index (χ4v) is 3.19. The third kappa shape index (κ3) is 1.36. The van der Waals surface area contributed by atoms with Crippen molar-refractivity contribution in [2.75, 3.05) is 17.2 Å². The first-order valence-electron chi connectivity index (χ1n) is 6.15. The molecular formula is C12H18N4. The first kappa shape index (κ1) is 9.87. The Bertz CT molecular complexity index is 404. The molecule has 1 aliphatic carbocycles. The maximum Gasteiger partial charge on any atom is 0.137 e. The predicted molar refractivity (Wildman–Crippen MR) is 64.3 cm³/mol. The van der Waals surface area contributed by atoms with Crippen molar-refractivity contribution in [3.05, 3.63) is 11.9 Å². The second-order valence-electron chi connectivity index (χ2n) is 4.90. The highest BCUT2D eigenvalue weighted by atomic mass is 15.3. The zero-order valence-corrected chi connectivity index (χ0v) is 9.69. The van der Waals surface area contributed by atoms with Gasteiger partial charge in [-0.15, -0.1) is 0 Å². The van der Waals surface area contributed by atoms with E-state index in [1.807, 2.05) is 0 Å². The topological polar surface area (TPSA) is 55.0 Å². The summed E-state index contributed by atoms with van der Waals surface area (Å²) in [4.78, 5) is 11.0. The van der Waals surface area contributed by atoms with E-state index in [4.69, 9.17) is 5.73 Å². The summed E-state index contributed by atoms with van der Waals surface area (Å²) in [6, 6.07) is 0.699. The molecule has 2 N–H and O–H groups in total. The smallest absolute Gasteiger partial charge is 0.137 e. The summed E-state index contributed by atoms with van der Waals surface area (Å²) < 4.78 is 0. The van der Waals surface area contributed by atoms with E-state index < -0.39 is 0 Å². The van der Waals surface area contributed by atoms with Crippen LogP contribution >= 0.6 is 0 Å². The molecule has 0 aromatic carbocycles. The van der Waals surface area contributed by atoms with Crippen LogP contribution < -0.4 is 10.6 Å². The normalized spacial score (nSPS) is 27.7. The molecule has 4 nitrogen and oxygen atoms in total. The van der Waals surface area contributed by atoms with Crippen LogP contribution in [0.4, 0.5) is 11.6 Å². The Balaban J connectivity index is 1.97. The van der Waals surface area contributed by atoms with Crippen LogP contribution in [0.15, 0.2) is 6.33 Å². The minimum Gasteiger partial charge on any atom is -0.383 e. The minimum absolute atomic E-state index is 0.648. The van der Waals surface area contributed by atoms with Crippen LogP contribution in [0.25, 0.3) is 0 Å². The summed E-state index contributed by atoms with van der Waals surface area (Å²) in [5, 5.41) is 0. The van der Waals surface area contributed by atoms with E-state index in [0.717, 1.165) is 30.3 Å². The Labute approximate surface area is 95.9 Å². The zero-order valence-electron chi connectivity index (χ0n) is 9.69. The number of nitrogens with two attached hydrogens (primary N) is 1. The number of aromatic nitrogens is 2. The molecule has 2 heterocycles. The van der Waals surface area contributed by atoms with Crippen LogP contribution in [0.3, 0.4) is 0 Å². The minimum atomic E-state index is 0.648. The maximum atomic E-state index is 5.92. The van der Waals surface area contributed by atoms with Crippen molar-refractivity contribution >= 4 is 11.6 Å². The van der Waals surface area contributed by atoms with Gasteiger partial charge in [-0.1, -0.05) is 6.92 Å². The Morgan fingerprint density at radius 2 is 2.31 bits per heavy atom. The van der Waals surface area contributed by atoms with Gasteiger partial charge in [-0.3, -0.25) is 0 Å². The van der Waals surface area contributed by atoms with Crippen molar-refractivity contribution in [2.45, 2.75) is 38.6 Å². The standard InChI is InChI=1S/C12H18N4/c1-2-10-11(13)14-7-15-12(10)16-6-8-3-4-9(16)5-8/h7-9H,2-6H2,1H3,(H2,13,14,15). The summed E-state index contributed by atoms with van der Waals surface area (Å²) >= 11 is 0. The van der Waals surface area contributed by atoms with Crippen molar-refractivity contribution in [1.29, 1.82) is 0 Å². The fourth-order valence-electron chi connectivity index (χ4n) is 3.19. The SMILES string of the molecule is CCc1c(N)ncnc1N1CC2CCC1C2. The molecule has 86 valence electrons. The molecule has 0 radical (unpaired) electrons. The van der Waals surface area contributed by atoms with E-state index in [0.29, 0.717) is 11.9 Å². The third-order valence-electron chi connectivity index (χ3n) is 3.99. The fraction of sp³-hybridized carbons (Fsp3) is 0.667. The molecule has 1 aromatic heterocycles. The highest BCUT2D eigenvalue weighted by molar-refractivity contribution is 5.58. The molecule has 16 heavy (non-hydrogen) atoms. The lowest BCUT2D eigenvalue weighted by atomic mass is 10.1. The number of nitrogen functional groups attached to an aromatic ring is 1. The van der Waals surface area contributed by atoms with Gasteiger partial charge in [0, 0.05) is 18.2 Å². The molecule has 1 saturated heterocycles. The van der Waals surface area contributed by atoms with Gasteiger partial charge in [0.05, 0.1) is 0 Å². The van der Waals surface area contributed by atoms with Gasteiger partial charge in [-0.05, 0) is 31.6 Å². The highest BCUT2D eigenvalue weighted by Gasteiger charge is 2.39. The summed E-state index contributed by atoms with van der Waals surface area (Å²) in [5.74, 6) is 2.61. The predicted octanol–water partition coefficient (Wildman–Crippen LogP) is 1.61. The number of hydrogen-bond donors (Lipinski definition) is 1. The van der Waals surface area contributed by atoms with E-state index in [9.17, 15) is 0 Å². The van der Waals surface area contributed by atoms with E-state index in [-0.39, 0.29) is 0 Å². The molecule has 2 bridgehead atoms. The molecular weight excluding hydrogens is 200 g/mol. The van der Waals surface area contributed by atoms with Crippen molar-refractivity contribution in [1.82, 2.24) is 9.97 Å². The van der Waals surface area contributed by atoms with Gasteiger partial charge in [0.2, 0.25) is 0 Å². The second kappa shape index (κ2) is 3.61. The summed E-state index contributed by atoms with van der Waals surface area (Å²) in [6.07, 6.45) is 6.56. The van der Waals surface area contributed by atoms with Crippen molar-refractivity contribution < 1.29 is 0 Å². The number of anilines is 2. The quantitative estimate of drug-likeness (QED) is 0.819. The molecule has 2 fully saturated rings. The average Bonchev–Trinajstić information content (AvgIpc) is 2.90. The molecule has 4 heteroatoms. The van der Waals surface area contributed by atoms with Gasteiger partial charge in [0.1, 0.15) is 18.0 Å². The third-order valence-corrected chi connectivity index (χ3v) is 3.99. The van der Waals surface area contributed by atoms with Crippen molar-refractivity contribution in [2.24, 2.45) is 5.92 Å². The molecule has 2 aliphatic rings. The van der Waals surface area contributed by atoms with E-state index in [1.54, 1.807) is 6.33 Å². The van der Waals surface area contributed by atoms with Gasteiger partial charge < -0.3 is 10.6 Å². The lowest BCUT2D eigenvalue weighted by Gasteiger charge is -2.29. The average molecular weight is 218 g/mol. The molecule has 2 atom stereocenters. The summed E-state index contributed by atoms with van der Waals surface area (Å²) in [6.45, 7) is 3.28. The number of nitrogens with zero attached hydrogens (tertiary/aromatic N) is 3. The van der Waals surface area contributed by atoms with Crippen LogP contribution in [0.5, 0.6) is 0 Å². The molecule has 0 spiro atoms. The summed E-state index contributed by atoms with van der Waals surface area (Å²) in [7, 11) is 0. The van der Waals surface area contributed by atoms with E-state index in [1.165, 1.54) is 19.3 Å². The van der Waals surface area contributed by atoms with Crippen LogP contribution in [0, 0.1) is 5.92 Å². The Kier molecular flexibility index (Phi) is 2.23. The van der Waals surface area contributed by atoms with Crippen molar-refractivity contribution in [3.8, 4) is 0 Å². The molecule has 2 unspecified atom stereocenters. The number of piperidine rings is 1. The largest absolute Gasteiger partial charge is 0.383 e. The maximum absolute atomic E-state index is 5.92. The molecule has 1 aromatic rings. The number of hydrogen-bond acceptors (Lipinski definition) is 4. The number of rotatable bonds is 2. The summed E-state index contributed by atoms with van der Waals surface area (Å²) in [5.41, 5.74) is 7.04. The van der Waals surface area contributed by atoms with Gasteiger partial charge >= 0.3 is 0 Å². The zero-order chi connectivity index (χ0) is 11.1. The monoisotopic (exact) mass is 218 g/mol. The van der Waals surface area contributed by atoms with Gasteiger partial charge in [-0.25, -0.2) is 9.97 Å². The second-order valence-corrected chi connectivity index (χ2v) is 4.90. The molecule has 1 aliphatic heterocycles. The lowest BCUT2D eigenvalue weighted by molar-refractivity contribution is 0.549. The van der Waals surface area contributed by atoms with Crippen LogP contribution in [0.1, 0.15) is 31.7 Å². The van der Waals surface area contributed by atoms with Crippen LogP contribution in [-0.4, -0.2) is 22.6 Å². The van der Waals surface area contributed by atoms with E-state index in [2.05, 4.69) is 21.8 Å². The van der Waals surface area contributed by atoms with Crippen molar-refractivity contribution in [3.63, 3.8) is 0 Å². The van der Waals surface area contributed by atoms with Gasteiger partial charge in [0.25, 0.3) is 0 Å². The Morgan fingerprint density at radius 1 is 1.44 bits per heavy atom. The number of fused-ring (bicyclic) bond motifs is 2. The first-order chi connectivity index (χ1) is 7.79. The molecule has 3 rings (SSSR count). The lowest BCUT2D eigenvalue weighted by Crippen LogP contribution is -2.33. The highest BCUT2D eigenvalue weighted by Crippen LogP contribution is 2.40. The molecule has 0 amide bonds. The van der Waals surface area contributed by atoms with E-state index >= 15 is 0 Å². The first-order valence-corrected chi connectivity index (χ1v) is 6.15. The van der Waals surface area contributed by atoms with Gasteiger partial charge in [-0.2, -0.15) is 0 Å². The van der Waals surface area contributed by atoms with Gasteiger partial charge in [0.15, 0.2) is 0 Å². The Hall–Kier alpha value is -1.32. The molecule has 1 saturated carbocycles.